The predicted molar refractivity (Wildman–Crippen MR) is 89.2 cm³/mol. The molecule has 23 heavy (non-hydrogen) atoms. The molecule has 1 aliphatic rings. The van der Waals surface area contributed by atoms with Gasteiger partial charge in [-0.2, -0.15) is 5.10 Å². The Morgan fingerprint density at radius 1 is 1.17 bits per heavy atom. The molecule has 1 fully saturated rings. The van der Waals surface area contributed by atoms with Gasteiger partial charge < -0.3 is 4.90 Å². The first-order valence-electron chi connectivity index (χ1n) is 8.12. The first kappa shape index (κ1) is 15.6. The number of carbonyl (C=O) groups excluding carboxylic acids is 1. The van der Waals surface area contributed by atoms with Crippen molar-refractivity contribution in [1.29, 1.82) is 0 Å². The van der Waals surface area contributed by atoms with Gasteiger partial charge in [-0.15, -0.1) is 0 Å². The van der Waals surface area contributed by atoms with Crippen molar-refractivity contribution in [1.82, 2.24) is 19.7 Å². The molecular formula is C17H23N5O. The Morgan fingerprint density at radius 3 is 2.43 bits per heavy atom. The Bertz CT molecular complexity index is 729. The first-order valence-corrected chi connectivity index (χ1v) is 8.12. The van der Waals surface area contributed by atoms with Crippen molar-refractivity contribution in [3.05, 3.63) is 29.3 Å². The molecular weight excluding hydrogens is 290 g/mol. The lowest BCUT2D eigenvalue weighted by atomic mass is 9.99. The van der Waals surface area contributed by atoms with E-state index in [2.05, 4.69) is 26.9 Å². The average molecular weight is 313 g/mol. The molecule has 3 heterocycles. The zero-order chi connectivity index (χ0) is 16.6. The van der Waals surface area contributed by atoms with Crippen LogP contribution in [0.4, 0.5) is 5.82 Å². The van der Waals surface area contributed by atoms with Gasteiger partial charge in [0.25, 0.3) is 0 Å². The molecule has 0 unspecified atom stereocenters. The number of aromatic nitrogens is 4. The molecule has 0 spiro atoms. The van der Waals surface area contributed by atoms with Crippen LogP contribution in [0.15, 0.2) is 12.3 Å². The number of ketones is 1. The summed E-state index contributed by atoms with van der Waals surface area (Å²) >= 11 is 0. The lowest BCUT2D eigenvalue weighted by Crippen LogP contribution is -2.33. The fourth-order valence-corrected chi connectivity index (χ4v) is 3.03. The maximum atomic E-state index is 11.6. The van der Waals surface area contributed by atoms with Gasteiger partial charge in [0.1, 0.15) is 11.6 Å². The molecule has 0 aliphatic carbocycles. The molecule has 6 heteroatoms. The van der Waals surface area contributed by atoms with Crippen molar-refractivity contribution in [3.63, 3.8) is 0 Å². The standard InChI is InChI=1S/C17H23N5O/c1-11-5-7-21(8-6-11)16-9-17(20-14(4)19-16)22-12(2)15(10-18-22)13(3)23/h9-11H,5-8H2,1-4H3. The van der Waals surface area contributed by atoms with Gasteiger partial charge in [-0.3, -0.25) is 4.79 Å². The van der Waals surface area contributed by atoms with E-state index in [1.165, 1.54) is 12.8 Å². The number of hydrogen-bond donors (Lipinski definition) is 0. The Balaban J connectivity index is 1.96. The number of hydrogen-bond acceptors (Lipinski definition) is 5. The van der Waals surface area contributed by atoms with E-state index in [9.17, 15) is 4.79 Å². The third kappa shape index (κ3) is 3.11. The number of anilines is 1. The van der Waals surface area contributed by atoms with Crippen LogP contribution in [0.5, 0.6) is 0 Å². The predicted octanol–water partition coefficient (Wildman–Crippen LogP) is 2.72. The van der Waals surface area contributed by atoms with Crippen LogP contribution in [0.2, 0.25) is 0 Å². The minimum Gasteiger partial charge on any atom is -0.356 e. The molecule has 1 saturated heterocycles. The van der Waals surface area contributed by atoms with Crippen LogP contribution >= 0.6 is 0 Å². The highest BCUT2D eigenvalue weighted by molar-refractivity contribution is 5.95. The van der Waals surface area contributed by atoms with Gasteiger partial charge in [-0.1, -0.05) is 6.92 Å². The Hall–Kier alpha value is -2.24. The Labute approximate surface area is 136 Å². The fourth-order valence-electron chi connectivity index (χ4n) is 3.03. The normalized spacial score (nSPS) is 15.9. The smallest absolute Gasteiger partial charge is 0.163 e. The number of carbonyl (C=O) groups is 1. The topological polar surface area (TPSA) is 63.9 Å². The SMILES string of the molecule is CC(=O)c1cnn(-c2cc(N3CCC(C)CC3)nc(C)n2)c1C. The summed E-state index contributed by atoms with van der Waals surface area (Å²) in [5.41, 5.74) is 1.45. The summed E-state index contributed by atoms with van der Waals surface area (Å²) in [5.74, 6) is 3.18. The van der Waals surface area contributed by atoms with Crippen molar-refractivity contribution >= 4 is 11.6 Å². The molecule has 0 aromatic carbocycles. The van der Waals surface area contributed by atoms with E-state index < -0.39 is 0 Å². The average Bonchev–Trinajstić information content (AvgIpc) is 2.89. The molecule has 2 aromatic rings. The van der Waals surface area contributed by atoms with Crippen LogP contribution in [0, 0.1) is 19.8 Å². The molecule has 0 atom stereocenters. The van der Waals surface area contributed by atoms with Crippen molar-refractivity contribution in [2.45, 2.75) is 40.5 Å². The summed E-state index contributed by atoms with van der Waals surface area (Å²) in [6, 6.07) is 1.97. The van der Waals surface area contributed by atoms with E-state index in [0.717, 1.165) is 42.2 Å². The summed E-state index contributed by atoms with van der Waals surface area (Å²) in [4.78, 5) is 23.0. The maximum absolute atomic E-state index is 11.6. The van der Waals surface area contributed by atoms with Crippen LogP contribution in [0.25, 0.3) is 5.82 Å². The van der Waals surface area contributed by atoms with Crippen LogP contribution in [-0.4, -0.2) is 38.6 Å². The highest BCUT2D eigenvalue weighted by Gasteiger charge is 2.19. The van der Waals surface area contributed by atoms with Crippen molar-refractivity contribution in [2.75, 3.05) is 18.0 Å². The minimum atomic E-state index is 0.0183. The van der Waals surface area contributed by atoms with Gasteiger partial charge >= 0.3 is 0 Å². The second kappa shape index (κ2) is 6.10. The molecule has 0 N–H and O–H groups in total. The van der Waals surface area contributed by atoms with E-state index >= 15 is 0 Å². The zero-order valence-electron chi connectivity index (χ0n) is 14.2. The van der Waals surface area contributed by atoms with Crippen molar-refractivity contribution in [3.8, 4) is 5.82 Å². The highest BCUT2D eigenvalue weighted by atomic mass is 16.1. The van der Waals surface area contributed by atoms with Crippen LogP contribution in [-0.2, 0) is 0 Å². The van der Waals surface area contributed by atoms with E-state index in [1.807, 2.05) is 19.9 Å². The largest absolute Gasteiger partial charge is 0.356 e. The van der Waals surface area contributed by atoms with Gasteiger partial charge in [0.2, 0.25) is 0 Å². The van der Waals surface area contributed by atoms with E-state index in [0.29, 0.717) is 5.56 Å². The molecule has 6 nitrogen and oxygen atoms in total. The van der Waals surface area contributed by atoms with E-state index in [-0.39, 0.29) is 5.78 Å². The quantitative estimate of drug-likeness (QED) is 0.815. The highest BCUT2D eigenvalue weighted by Crippen LogP contribution is 2.23. The minimum absolute atomic E-state index is 0.0183. The lowest BCUT2D eigenvalue weighted by molar-refractivity contribution is 0.101. The van der Waals surface area contributed by atoms with Gasteiger partial charge in [-0.25, -0.2) is 14.6 Å². The Kier molecular flexibility index (Phi) is 4.15. The lowest BCUT2D eigenvalue weighted by Gasteiger charge is -2.31. The third-order valence-electron chi connectivity index (χ3n) is 4.52. The van der Waals surface area contributed by atoms with Crippen molar-refractivity contribution < 1.29 is 4.79 Å². The van der Waals surface area contributed by atoms with E-state index in [1.54, 1.807) is 17.8 Å². The summed E-state index contributed by atoms with van der Waals surface area (Å²) in [5, 5.41) is 4.33. The fraction of sp³-hybridized carbons (Fsp3) is 0.529. The number of aryl methyl sites for hydroxylation is 1. The molecule has 2 aromatic heterocycles. The van der Waals surface area contributed by atoms with Gasteiger partial charge in [-0.05, 0) is 39.5 Å². The Morgan fingerprint density at radius 2 is 1.83 bits per heavy atom. The molecule has 0 saturated carbocycles. The second-order valence-electron chi connectivity index (χ2n) is 6.41. The number of Topliss-reactive ketones (excluding diaryl/α,β-unsaturated/α-hetero) is 1. The van der Waals surface area contributed by atoms with Crippen LogP contribution in [0.3, 0.4) is 0 Å². The maximum Gasteiger partial charge on any atom is 0.163 e. The van der Waals surface area contributed by atoms with Crippen molar-refractivity contribution in [2.24, 2.45) is 5.92 Å². The summed E-state index contributed by atoms with van der Waals surface area (Å²) < 4.78 is 1.72. The first-order chi connectivity index (χ1) is 11.0. The molecule has 1 aliphatic heterocycles. The molecule has 3 rings (SSSR count). The van der Waals surface area contributed by atoms with Gasteiger partial charge in [0.05, 0.1) is 17.5 Å². The number of rotatable bonds is 3. The molecule has 0 amide bonds. The summed E-state index contributed by atoms with van der Waals surface area (Å²) in [6.45, 7) is 9.68. The molecule has 0 bridgehead atoms. The van der Waals surface area contributed by atoms with Gasteiger partial charge in [0, 0.05) is 19.2 Å². The van der Waals surface area contributed by atoms with E-state index in [4.69, 9.17) is 0 Å². The monoisotopic (exact) mass is 313 g/mol. The van der Waals surface area contributed by atoms with Crippen LogP contribution < -0.4 is 4.90 Å². The zero-order valence-corrected chi connectivity index (χ0v) is 14.2. The number of nitrogens with zero attached hydrogens (tertiary/aromatic N) is 5. The summed E-state index contributed by atoms with van der Waals surface area (Å²) in [6.07, 6.45) is 3.98. The van der Waals surface area contributed by atoms with Crippen LogP contribution in [0.1, 0.15) is 48.6 Å². The molecule has 0 radical (unpaired) electrons. The summed E-state index contributed by atoms with van der Waals surface area (Å²) in [7, 11) is 0. The second-order valence-corrected chi connectivity index (χ2v) is 6.41. The number of piperidine rings is 1. The molecule has 122 valence electrons. The third-order valence-corrected chi connectivity index (χ3v) is 4.52. The van der Waals surface area contributed by atoms with Gasteiger partial charge in [0.15, 0.2) is 11.6 Å².